The van der Waals surface area contributed by atoms with E-state index in [1.807, 2.05) is 0 Å². The second kappa shape index (κ2) is 4.36. The highest BCUT2D eigenvalue weighted by Gasteiger charge is 2.25. The zero-order valence-electron chi connectivity index (χ0n) is 10.2. The number of nitrogens with zero attached hydrogens (tertiary/aromatic N) is 1. The quantitative estimate of drug-likeness (QED) is 0.854. The van der Waals surface area contributed by atoms with E-state index in [4.69, 9.17) is 4.98 Å². The van der Waals surface area contributed by atoms with Gasteiger partial charge in [-0.3, -0.25) is 4.98 Å². The lowest BCUT2D eigenvalue weighted by molar-refractivity contribution is 0.976. The summed E-state index contributed by atoms with van der Waals surface area (Å²) in [6, 6.07) is 10.7. The number of pyridine rings is 1. The number of fused-ring (bicyclic) bond motifs is 1. The average molecular weight is 226 g/mol. The summed E-state index contributed by atoms with van der Waals surface area (Å²) in [5.74, 6) is 0.710. The van der Waals surface area contributed by atoms with Crippen molar-refractivity contribution in [3.05, 3.63) is 36.0 Å². The van der Waals surface area contributed by atoms with Gasteiger partial charge in [-0.25, -0.2) is 0 Å². The molecule has 2 nitrogen and oxygen atoms in total. The standard InChI is InChI=1S/C15H18N2/c1-2-9-16-15-10-14(11-7-8-11)17-13-6-4-3-5-12(13)15/h3-6,10-11H,2,7-9H2,1H3,(H,16,17). The van der Waals surface area contributed by atoms with E-state index in [1.165, 1.54) is 29.6 Å². The molecule has 1 aromatic carbocycles. The van der Waals surface area contributed by atoms with E-state index in [0.717, 1.165) is 18.5 Å². The first kappa shape index (κ1) is 10.6. The average Bonchev–Trinajstić information content (AvgIpc) is 3.20. The fraction of sp³-hybridized carbons (Fsp3) is 0.400. The molecule has 17 heavy (non-hydrogen) atoms. The topological polar surface area (TPSA) is 24.9 Å². The summed E-state index contributed by atoms with van der Waals surface area (Å²) in [7, 11) is 0. The van der Waals surface area contributed by atoms with Gasteiger partial charge in [-0.1, -0.05) is 25.1 Å². The highest BCUT2D eigenvalue weighted by atomic mass is 14.9. The smallest absolute Gasteiger partial charge is 0.0726 e. The van der Waals surface area contributed by atoms with Crippen molar-refractivity contribution >= 4 is 16.6 Å². The summed E-state index contributed by atoms with van der Waals surface area (Å²) in [6.07, 6.45) is 3.76. The Bertz CT molecular complexity index is 529. The van der Waals surface area contributed by atoms with E-state index in [1.54, 1.807) is 0 Å². The zero-order valence-corrected chi connectivity index (χ0v) is 10.2. The van der Waals surface area contributed by atoms with Crippen LogP contribution in [0.15, 0.2) is 30.3 Å². The summed E-state index contributed by atoms with van der Waals surface area (Å²) in [5.41, 5.74) is 3.64. The molecule has 3 rings (SSSR count). The van der Waals surface area contributed by atoms with E-state index in [2.05, 4.69) is 42.6 Å². The van der Waals surface area contributed by atoms with Crippen LogP contribution >= 0.6 is 0 Å². The van der Waals surface area contributed by atoms with Crippen molar-refractivity contribution in [3.8, 4) is 0 Å². The number of nitrogens with one attached hydrogen (secondary N) is 1. The Morgan fingerprint density at radius 2 is 2.12 bits per heavy atom. The monoisotopic (exact) mass is 226 g/mol. The van der Waals surface area contributed by atoms with Crippen LogP contribution in [-0.4, -0.2) is 11.5 Å². The van der Waals surface area contributed by atoms with Crippen molar-refractivity contribution in [2.75, 3.05) is 11.9 Å². The van der Waals surface area contributed by atoms with Crippen molar-refractivity contribution in [1.29, 1.82) is 0 Å². The van der Waals surface area contributed by atoms with Gasteiger partial charge in [0.25, 0.3) is 0 Å². The molecule has 1 saturated carbocycles. The number of benzene rings is 1. The fourth-order valence-corrected chi connectivity index (χ4v) is 2.19. The van der Waals surface area contributed by atoms with Crippen molar-refractivity contribution in [3.63, 3.8) is 0 Å². The lowest BCUT2D eigenvalue weighted by atomic mass is 10.1. The largest absolute Gasteiger partial charge is 0.384 e. The van der Waals surface area contributed by atoms with Crippen LogP contribution in [0.4, 0.5) is 5.69 Å². The molecule has 0 radical (unpaired) electrons. The van der Waals surface area contributed by atoms with Crippen LogP contribution in [0.1, 0.15) is 37.8 Å². The summed E-state index contributed by atoms with van der Waals surface area (Å²) in [5, 5.41) is 4.76. The number of rotatable bonds is 4. The lowest BCUT2D eigenvalue weighted by Gasteiger charge is -2.10. The summed E-state index contributed by atoms with van der Waals surface area (Å²) in [4.78, 5) is 4.77. The van der Waals surface area contributed by atoms with Crippen molar-refractivity contribution in [2.45, 2.75) is 32.1 Å². The van der Waals surface area contributed by atoms with Gasteiger partial charge < -0.3 is 5.32 Å². The molecule has 0 amide bonds. The Labute approximate surface area is 102 Å². The van der Waals surface area contributed by atoms with E-state index < -0.39 is 0 Å². The first-order valence-electron chi connectivity index (χ1n) is 6.52. The molecule has 2 aromatic rings. The molecule has 88 valence electrons. The highest BCUT2D eigenvalue weighted by molar-refractivity contribution is 5.91. The van der Waals surface area contributed by atoms with Crippen LogP contribution in [-0.2, 0) is 0 Å². The van der Waals surface area contributed by atoms with Gasteiger partial charge in [0.2, 0.25) is 0 Å². The second-order valence-corrected chi connectivity index (χ2v) is 4.81. The number of aromatic nitrogens is 1. The van der Waals surface area contributed by atoms with E-state index in [-0.39, 0.29) is 0 Å². The maximum atomic E-state index is 4.77. The number of hydrogen-bond donors (Lipinski definition) is 1. The van der Waals surface area contributed by atoms with Gasteiger partial charge in [-0.05, 0) is 31.4 Å². The molecule has 1 N–H and O–H groups in total. The van der Waals surface area contributed by atoms with E-state index in [0.29, 0.717) is 5.92 Å². The Morgan fingerprint density at radius 1 is 1.29 bits per heavy atom. The van der Waals surface area contributed by atoms with Gasteiger partial charge in [0.15, 0.2) is 0 Å². The van der Waals surface area contributed by atoms with Crippen molar-refractivity contribution in [2.24, 2.45) is 0 Å². The third-order valence-corrected chi connectivity index (χ3v) is 3.30. The van der Waals surface area contributed by atoms with Crippen LogP contribution < -0.4 is 5.32 Å². The number of para-hydroxylation sites is 1. The van der Waals surface area contributed by atoms with Gasteiger partial charge in [0, 0.05) is 29.2 Å². The molecule has 1 heterocycles. The fourth-order valence-electron chi connectivity index (χ4n) is 2.19. The lowest BCUT2D eigenvalue weighted by Crippen LogP contribution is -2.02. The Morgan fingerprint density at radius 3 is 2.88 bits per heavy atom. The van der Waals surface area contributed by atoms with Gasteiger partial charge in [-0.2, -0.15) is 0 Å². The van der Waals surface area contributed by atoms with E-state index >= 15 is 0 Å². The minimum absolute atomic E-state index is 0.710. The second-order valence-electron chi connectivity index (χ2n) is 4.81. The van der Waals surface area contributed by atoms with Crippen LogP contribution in [0.2, 0.25) is 0 Å². The van der Waals surface area contributed by atoms with Gasteiger partial charge in [0.1, 0.15) is 0 Å². The predicted molar refractivity (Wildman–Crippen MR) is 72.5 cm³/mol. The van der Waals surface area contributed by atoms with Crippen LogP contribution in [0.3, 0.4) is 0 Å². The maximum Gasteiger partial charge on any atom is 0.0726 e. The third kappa shape index (κ3) is 2.12. The molecule has 0 atom stereocenters. The molecule has 2 heteroatoms. The minimum Gasteiger partial charge on any atom is -0.384 e. The molecule has 0 unspecified atom stereocenters. The molecule has 1 aliphatic carbocycles. The predicted octanol–water partition coefficient (Wildman–Crippen LogP) is 3.93. The Kier molecular flexibility index (Phi) is 2.71. The minimum atomic E-state index is 0.710. The molecule has 1 aromatic heterocycles. The zero-order chi connectivity index (χ0) is 11.7. The summed E-state index contributed by atoms with van der Waals surface area (Å²) < 4.78 is 0. The molecule has 0 saturated heterocycles. The highest BCUT2D eigenvalue weighted by Crippen LogP contribution is 2.41. The summed E-state index contributed by atoms with van der Waals surface area (Å²) in [6.45, 7) is 3.22. The number of hydrogen-bond acceptors (Lipinski definition) is 2. The molecule has 0 bridgehead atoms. The summed E-state index contributed by atoms with van der Waals surface area (Å²) >= 11 is 0. The SMILES string of the molecule is CCCNc1cc(C2CC2)nc2ccccc12. The van der Waals surface area contributed by atoms with Gasteiger partial charge in [0.05, 0.1) is 5.52 Å². The Balaban J connectivity index is 2.08. The van der Waals surface area contributed by atoms with Crippen molar-refractivity contribution < 1.29 is 0 Å². The van der Waals surface area contributed by atoms with E-state index in [9.17, 15) is 0 Å². The first-order chi connectivity index (χ1) is 8.38. The molecule has 0 aliphatic heterocycles. The molecular weight excluding hydrogens is 208 g/mol. The van der Waals surface area contributed by atoms with Crippen LogP contribution in [0.5, 0.6) is 0 Å². The molecule has 0 spiro atoms. The number of anilines is 1. The van der Waals surface area contributed by atoms with Crippen molar-refractivity contribution in [1.82, 2.24) is 4.98 Å². The maximum absolute atomic E-state index is 4.77. The normalized spacial score (nSPS) is 15.1. The van der Waals surface area contributed by atoms with Crippen LogP contribution in [0, 0.1) is 0 Å². The first-order valence-corrected chi connectivity index (χ1v) is 6.52. The molecule has 1 aliphatic rings. The van der Waals surface area contributed by atoms with Gasteiger partial charge in [-0.15, -0.1) is 0 Å². The molecule has 1 fully saturated rings. The van der Waals surface area contributed by atoms with Gasteiger partial charge >= 0.3 is 0 Å². The molecular formula is C15H18N2. The third-order valence-electron chi connectivity index (χ3n) is 3.30. The Hall–Kier alpha value is -1.57. The van der Waals surface area contributed by atoms with Crippen LogP contribution in [0.25, 0.3) is 10.9 Å².